The molecule has 2 rings (SSSR count). The van der Waals surface area contributed by atoms with Gasteiger partial charge in [-0.1, -0.05) is 62.4 Å². The third-order valence-electron chi connectivity index (χ3n) is 4.39. The van der Waals surface area contributed by atoms with E-state index in [1.165, 1.54) is 25.7 Å². The molecule has 0 bridgehead atoms. The number of rotatable bonds is 12. The van der Waals surface area contributed by atoms with Gasteiger partial charge in [0.1, 0.15) is 11.5 Å². The first kappa shape index (κ1) is 23.3. The van der Waals surface area contributed by atoms with Crippen LogP contribution >= 0.6 is 15.9 Å². The van der Waals surface area contributed by atoms with Crippen LogP contribution in [0.25, 0.3) is 0 Å². The number of hydrogen-bond donors (Lipinski definition) is 1. The normalized spacial score (nSPS) is 10.8. The average molecular weight is 462 g/mol. The molecule has 1 N–H and O–H groups in total. The van der Waals surface area contributed by atoms with Crippen LogP contribution in [0.3, 0.4) is 0 Å². The van der Waals surface area contributed by atoms with Crippen molar-refractivity contribution in [2.24, 2.45) is 5.92 Å². The summed E-state index contributed by atoms with van der Waals surface area (Å²) in [6.45, 7) is 7.66. The van der Waals surface area contributed by atoms with Gasteiger partial charge in [-0.3, -0.25) is 4.79 Å². The van der Waals surface area contributed by atoms with E-state index in [1.807, 2.05) is 36.4 Å². The SMILES string of the molecule is CCCCCCCOc1ccc(NC(=O)c2cc(Br)ccc2OCC(C)C)cc1. The van der Waals surface area contributed by atoms with Crippen LogP contribution in [0, 0.1) is 5.92 Å². The summed E-state index contributed by atoms with van der Waals surface area (Å²) in [4.78, 5) is 12.8. The summed E-state index contributed by atoms with van der Waals surface area (Å²) in [7, 11) is 0. The molecular weight excluding hydrogens is 430 g/mol. The molecule has 29 heavy (non-hydrogen) atoms. The minimum Gasteiger partial charge on any atom is -0.494 e. The van der Waals surface area contributed by atoms with E-state index in [0.717, 1.165) is 28.9 Å². The molecule has 0 atom stereocenters. The van der Waals surface area contributed by atoms with Gasteiger partial charge in [0.05, 0.1) is 18.8 Å². The molecule has 0 aromatic heterocycles. The fourth-order valence-electron chi connectivity index (χ4n) is 2.79. The van der Waals surface area contributed by atoms with E-state index < -0.39 is 0 Å². The topological polar surface area (TPSA) is 47.6 Å². The molecule has 0 heterocycles. The first-order valence-corrected chi connectivity index (χ1v) is 11.3. The largest absolute Gasteiger partial charge is 0.494 e. The fraction of sp³-hybridized carbons (Fsp3) is 0.458. The van der Waals surface area contributed by atoms with Crippen molar-refractivity contribution in [1.29, 1.82) is 0 Å². The Hall–Kier alpha value is -2.01. The molecule has 0 unspecified atom stereocenters. The Balaban J connectivity index is 1.91. The van der Waals surface area contributed by atoms with Gasteiger partial charge in [0.2, 0.25) is 0 Å². The molecule has 158 valence electrons. The molecule has 0 aliphatic carbocycles. The predicted octanol–water partition coefficient (Wildman–Crippen LogP) is 7.09. The molecule has 0 spiro atoms. The Kier molecular flexibility index (Phi) is 10.1. The van der Waals surface area contributed by atoms with Crippen LogP contribution in [0.15, 0.2) is 46.9 Å². The molecule has 0 radical (unpaired) electrons. The summed E-state index contributed by atoms with van der Waals surface area (Å²) in [5, 5.41) is 2.94. The number of ether oxygens (including phenoxy) is 2. The number of halogens is 1. The zero-order valence-corrected chi connectivity index (χ0v) is 19.3. The van der Waals surface area contributed by atoms with E-state index in [1.54, 1.807) is 6.07 Å². The summed E-state index contributed by atoms with van der Waals surface area (Å²) >= 11 is 3.43. The number of amides is 1. The van der Waals surface area contributed by atoms with Gasteiger partial charge in [0.25, 0.3) is 5.91 Å². The minimum atomic E-state index is -0.199. The summed E-state index contributed by atoms with van der Waals surface area (Å²) in [5.74, 6) is 1.59. The van der Waals surface area contributed by atoms with Crippen LogP contribution in [-0.4, -0.2) is 19.1 Å². The number of anilines is 1. The van der Waals surface area contributed by atoms with Crippen molar-refractivity contribution in [2.45, 2.75) is 52.9 Å². The van der Waals surface area contributed by atoms with Gasteiger partial charge < -0.3 is 14.8 Å². The number of carbonyl (C=O) groups excluding carboxylic acids is 1. The maximum atomic E-state index is 12.8. The van der Waals surface area contributed by atoms with E-state index in [0.29, 0.717) is 23.8 Å². The number of carbonyl (C=O) groups is 1. The van der Waals surface area contributed by atoms with Crippen LogP contribution in [0.2, 0.25) is 0 Å². The molecule has 0 saturated carbocycles. The van der Waals surface area contributed by atoms with Gasteiger partial charge in [-0.2, -0.15) is 0 Å². The van der Waals surface area contributed by atoms with Crippen molar-refractivity contribution in [3.05, 3.63) is 52.5 Å². The van der Waals surface area contributed by atoms with E-state index >= 15 is 0 Å². The Morgan fingerprint density at radius 2 is 1.72 bits per heavy atom. The summed E-state index contributed by atoms with van der Waals surface area (Å²) in [6, 6.07) is 13.0. The van der Waals surface area contributed by atoms with Crippen LogP contribution in [0.5, 0.6) is 11.5 Å². The molecule has 0 aliphatic rings. The highest BCUT2D eigenvalue weighted by molar-refractivity contribution is 9.10. The predicted molar refractivity (Wildman–Crippen MR) is 123 cm³/mol. The summed E-state index contributed by atoms with van der Waals surface area (Å²) in [5.41, 5.74) is 1.23. The van der Waals surface area contributed by atoms with Gasteiger partial charge in [0, 0.05) is 10.2 Å². The lowest BCUT2D eigenvalue weighted by Gasteiger charge is -2.14. The monoisotopic (exact) mass is 461 g/mol. The highest BCUT2D eigenvalue weighted by Crippen LogP contribution is 2.25. The fourth-order valence-corrected chi connectivity index (χ4v) is 3.15. The Labute approximate surface area is 183 Å². The molecular formula is C24H32BrNO3. The Morgan fingerprint density at radius 1 is 1.00 bits per heavy atom. The van der Waals surface area contributed by atoms with E-state index in [9.17, 15) is 4.79 Å². The second-order valence-corrected chi connectivity index (χ2v) is 8.50. The second kappa shape index (κ2) is 12.5. The third kappa shape index (κ3) is 8.48. The lowest BCUT2D eigenvalue weighted by molar-refractivity contribution is 0.102. The Morgan fingerprint density at radius 3 is 2.41 bits per heavy atom. The first-order chi connectivity index (χ1) is 14.0. The molecule has 5 heteroatoms. The third-order valence-corrected chi connectivity index (χ3v) is 4.88. The van der Waals surface area contributed by atoms with Crippen molar-refractivity contribution in [1.82, 2.24) is 0 Å². The zero-order valence-electron chi connectivity index (χ0n) is 17.7. The van der Waals surface area contributed by atoms with Gasteiger partial charge in [-0.05, 0) is 54.8 Å². The standard InChI is InChI=1S/C24H32BrNO3/c1-4-5-6-7-8-15-28-21-12-10-20(11-13-21)26-24(27)22-16-19(25)9-14-23(22)29-17-18(2)3/h9-14,16,18H,4-8,15,17H2,1-3H3,(H,26,27). The summed E-state index contributed by atoms with van der Waals surface area (Å²) in [6.07, 6.45) is 6.08. The highest BCUT2D eigenvalue weighted by atomic mass is 79.9. The molecule has 2 aromatic carbocycles. The van der Waals surface area contributed by atoms with Crippen LogP contribution in [0.1, 0.15) is 63.2 Å². The molecule has 4 nitrogen and oxygen atoms in total. The Bertz CT molecular complexity index is 759. The van der Waals surface area contributed by atoms with Crippen molar-refractivity contribution < 1.29 is 14.3 Å². The lowest BCUT2D eigenvalue weighted by atomic mass is 10.1. The number of hydrogen-bond acceptors (Lipinski definition) is 3. The molecule has 0 fully saturated rings. The maximum Gasteiger partial charge on any atom is 0.259 e. The first-order valence-electron chi connectivity index (χ1n) is 10.5. The second-order valence-electron chi connectivity index (χ2n) is 7.59. The van der Waals surface area contributed by atoms with Crippen molar-refractivity contribution in [3.8, 4) is 11.5 Å². The van der Waals surface area contributed by atoms with Crippen LogP contribution in [0.4, 0.5) is 5.69 Å². The molecule has 0 aliphatic heterocycles. The molecule has 1 amide bonds. The van der Waals surface area contributed by atoms with E-state index in [2.05, 4.69) is 42.0 Å². The number of nitrogens with one attached hydrogen (secondary N) is 1. The highest BCUT2D eigenvalue weighted by Gasteiger charge is 2.14. The van der Waals surface area contributed by atoms with Gasteiger partial charge in [-0.25, -0.2) is 0 Å². The smallest absolute Gasteiger partial charge is 0.259 e. The van der Waals surface area contributed by atoms with Gasteiger partial charge in [-0.15, -0.1) is 0 Å². The minimum absolute atomic E-state index is 0.199. The molecule has 2 aromatic rings. The van der Waals surface area contributed by atoms with Crippen molar-refractivity contribution >= 4 is 27.5 Å². The maximum absolute atomic E-state index is 12.8. The van der Waals surface area contributed by atoms with E-state index in [-0.39, 0.29) is 5.91 Å². The van der Waals surface area contributed by atoms with E-state index in [4.69, 9.17) is 9.47 Å². The van der Waals surface area contributed by atoms with Crippen LogP contribution < -0.4 is 14.8 Å². The van der Waals surface area contributed by atoms with Crippen LogP contribution in [-0.2, 0) is 0 Å². The van der Waals surface area contributed by atoms with Gasteiger partial charge in [0.15, 0.2) is 0 Å². The average Bonchev–Trinajstić information content (AvgIpc) is 2.70. The number of benzene rings is 2. The lowest BCUT2D eigenvalue weighted by Crippen LogP contribution is -2.15. The zero-order chi connectivity index (χ0) is 21.1. The van der Waals surface area contributed by atoms with Crippen molar-refractivity contribution in [2.75, 3.05) is 18.5 Å². The summed E-state index contributed by atoms with van der Waals surface area (Å²) < 4.78 is 12.4. The van der Waals surface area contributed by atoms with Crippen molar-refractivity contribution in [3.63, 3.8) is 0 Å². The number of unbranched alkanes of at least 4 members (excludes halogenated alkanes) is 4. The molecule has 0 saturated heterocycles. The quantitative estimate of drug-likeness (QED) is 0.343. The van der Waals surface area contributed by atoms with Gasteiger partial charge >= 0.3 is 0 Å².